The lowest BCUT2D eigenvalue weighted by Gasteiger charge is -2.32. The number of carbonyl (C=O) groups excluding carboxylic acids is 2. The number of nitrogens with one attached hydrogen (secondary N) is 1. The summed E-state index contributed by atoms with van der Waals surface area (Å²) in [6, 6.07) is 21.6. The molecule has 184 valence electrons. The number of benzene rings is 3. The highest BCUT2D eigenvalue weighted by Crippen LogP contribution is 2.25. The number of rotatable bonds is 9. The van der Waals surface area contributed by atoms with Crippen molar-refractivity contribution in [3.8, 4) is 5.75 Å². The second kappa shape index (κ2) is 11.9. The molecular formula is C30H36N2O3. The first kappa shape index (κ1) is 24.8. The largest absolute Gasteiger partial charge is 0.483 e. The number of carbonyl (C=O) groups is 2. The highest BCUT2D eigenvalue weighted by Gasteiger charge is 2.30. The summed E-state index contributed by atoms with van der Waals surface area (Å²) in [6.45, 7) is 4.25. The molecule has 3 aromatic carbocycles. The highest BCUT2D eigenvalue weighted by atomic mass is 16.5. The van der Waals surface area contributed by atoms with Crippen LogP contribution >= 0.6 is 0 Å². The molecule has 0 aliphatic heterocycles. The summed E-state index contributed by atoms with van der Waals surface area (Å²) in [7, 11) is 0. The van der Waals surface area contributed by atoms with E-state index in [0.29, 0.717) is 18.7 Å². The van der Waals surface area contributed by atoms with Crippen LogP contribution in [0.3, 0.4) is 0 Å². The maximum absolute atomic E-state index is 13.5. The van der Waals surface area contributed by atoms with Crippen LogP contribution in [0.1, 0.15) is 56.6 Å². The molecule has 1 atom stereocenters. The Bertz CT molecular complexity index is 1130. The minimum atomic E-state index is -0.540. The van der Waals surface area contributed by atoms with Gasteiger partial charge in [0.2, 0.25) is 5.91 Å². The molecule has 1 N–H and O–H groups in total. The summed E-state index contributed by atoms with van der Waals surface area (Å²) in [6.07, 6.45) is 6.09. The van der Waals surface area contributed by atoms with Crippen LogP contribution in [0, 0.1) is 6.92 Å². The first-order valence-corrected chi connectivity index (χ1v) is 12.8. The van der Waals surface area contributed by atoms with Crippen LogP contribution in [0.25, 0.3) is 10.8 Å². The van der Waals surface area contributed by atoms with Gasteiger partial charge in [-0.05, 0) is 43.2 Å². The van der Waals surface area contributed by atoms with Gasteiger partial charge in [-0.1, -0.05) is 92.4 Å². The Morgan fingerprint density at radius 2 is 1.69 bits per heavy atom. The normalized spacial score (nSPS) is 14.9. The van der Waals surface area contributed by atoms with Gasteiger partial charge < -0.3 is 15.0 Å². The Kier molecular flexibility index (Phi) is 8.40. The summed E-state index contributed by atoms with van der Waals surface area (Å²) in [5, 5.41) is 5.25. The molecule has 1 saturated carbocycles. The zero-order valence-electron chi connectivity index (χ0n) is 20.8. The molecule has 1 unspecified atom stereocenters. The Morgan fingerprint density at radius 1 is 0.971 bits per heavy atom. The van der Waals surface area contributed by atoms with E-state index in [9.17, 15) is 9.59 Å². The fraction of sp³-hybridized carbons (Fsp3) is 0.400. The molecule has 5 nitrogen and oxygen atoms in total. The Hall–Kier alpha value is -3.34. The lowest BCUT2D eigenvalue weighted by molar-refractivity contribution is -0.143. The predicted octanol–water partition coefficient (Wildman–Crippen LogP) is 5.78. The number of fused-ring (bicyclic) bond motifs is 1. The molecule has 0 bridgehead atoms. The van der Waals surface area contributed by atoms with Gasteiger partial charge in [-0.2, -0.15) is 0 Å². The Labute approximate surface area is 208 Å². The smallest absolute Gasteiger partial charge is 0.261 e. The van der Waals surface area contributed by atoms with Crippen molar-refractivity contribution < 1.29 is 14.3 Å². The second-order valence-electron chi connectivity index (χ2n) is 9.54. The maximum Gasteiger partial charge on any atom is 0.261 e. The SMILES string of the molecule is CCC(C(=O)NC1CCCCC1)N(Cc1ccc(C)cc1)C(=O)COc1cccc2ccccc12. The lowest BCUT2D eigenvalue weighted by Crippen LogP contribution is -2.52. The Balaban J connectivity index is 1.52. The van der Waals surface area contributed by atoms with Gasteiger partial charge in [0.15, 0.2) is 6.61 Å². The molecule has 3 aromatic rings. The van der Waals surface area contributed by atoms with Crippen LogP contribution in [0.15, 0.2) is 66.7 Å². The zero-order chi connectivity index (χ0) is 24.6. The third kappa shape index (κ3) is 6.41. The lowest BCUT2D eigenvalue weighted by atomic mass is 9.95. The van der Waals surface area contributed by atoms with Crippen molar-refractivity contribution in [1.82, 2.24) is 10.2 Å². The number of ether oxygens (including phenoxy) is 1. The summed E-state index contributed by atoms with van der Waals surface area (Å²) in [4.78, 5) is 28.6. The van der Waals surface area contributed by atoms with E-state index in [-0.39, 0.29) is 24.5 Å². The van der Waals surface area contributed by atoms with Gasteiger partial charge in [-0.15, -0.1) is 0 Å². The summed E-state index contributed by atoms with van der Waals surface area (Å²) < 4.78 is 6.02. The molecule has 1 aliphatic rings. The van der Waals surface area contributed by atoms with Gasteiger partial charge in [-0.25, -0.2) is 0 Å². The quantitative estimate of drug-likeness (QED) is 0.429. The van der Waals surface area contributed by atoms with Crippen LogP contribution < -0.4 is 10.1 Å². The number of amides is 2. The van der Waals surface area contributed by atoms with Crippen molar-refractivity contribution in [2.24, 2.45) is 0 Å². The first-order valence-electron chi connectivity index (χ1n) is 12.8. The first-order chi connectivity index (χ1) is 17.0. The van der Waals surface area contributed by atoms with Gasteiger partial charge in [0.25, 0.3) is 5.91 Å². The van der Waals surface area contributed by atoms with E-state index in [4.69, 9.17) is 4.74 Å². The average Bonchev–Trinajstić information content (AvgIpc) is 2.89. The van der Waals surface area contributed by atoms with Crippen molar-refractivity contribution >= 4 is 22.6 Å². The minimum Gasteiger partial charge on any atom is -0.483 e. The van der Waals surface area contributed by atoms with Crippen molar-refractivity contribution in [2.45, 2.75) is 71.0 Å². The molecule has 0 aromatic heterocycles. The monoisotopic (exact) mass is 472 g/mol. The van der Waals surface area contributed by atoms with Gasteiger partial charge in [0.05, 0.1) is 0 Å². The van der Waals surface area contributed by atoms with E-state index >= 15 is 0 Å². The molecule has 35 heavy (non-hydrogen) atoms. The fourth-order valence-electron chi connectivity index (χ4n) is 4.90. The molecule has 0 heterocycles. The summed E-state index contributed by atoms with van der Waals surface area (Å²) in [5.74, 6) is 0.417. The van der Waals surface area contributed by atoms with Gasteiger partial charge >= 0.3 is 0 Å². The van der Waals surface area contributed by atoms with Crippen LogP contribution in [0.4, 0.5) is 0 Å². The zero-order valence-corrected chi connectivity index (χ0v) is 20.8. The summed E-state index contributed by atoms with van der Waals surface area (Å²) >= 11 is 0. The molecule has 0 spiro atoms. The van der Waals surface area contributed by atoms with Crippen molar-refractivity contribution in [3.05, 3.63) is 77.9 Å². The number of hydrogen-bond acceptors (Lipinski definition) is 3. The average molecular weight is 473 g/mol. The standard InChI is InChI=1S/C30H36N2O3/c1-3-27(30(34)31-25-12-5-4-6-13-25)32(20-23-18-16-22(2)17-19-23)29(33)21-35-28-15-9-11-24-10-7-8-14-26(24)28/h7-11,14-19,25,27H,3-6,12-13,20-21H2,1-2H3,(H,31,34). The molecule has 1 fully saturated rings. The number of hydrogen-bond donors (Lipinski definition) is 1. The predicted molar refractivity (Wildman–Crippen MR) is 140 cm³/mol. The highest BCUT2D eigenvalue weighted by molar-refractivity contribution is 5.90. The van der Waals surface area contributed by atoms with Crippen LogP contribution in [0.2, 0.25) is 0 Å². The van der Waals surface area contributed by atoms with Gasteiger partial charge in [-0.3, -0.25) is 9.59 Å². The van der Waals surface area contributed by atoms with Gasteiger partial charge in [0.1, 0.15) is 11.8 Å². The molecule has 5 heteroatoms. The van der Waals surface area contributed by atoms with E-state index in [0.717, 1.165) is 47.6 Å². The van der Waals surface area contributed by atoms with Crippen molar-refractivity contribution in [2.75, 3.05) is 6.61 Å². The molecule has 1 aliphatic carbocycles. The minimum absolute atomic E-state index is 0.0648. The second-order valence-corrected chi connectivity index (χ2v) is 9.54. The summed E-state index contributed by atoms with van der Waals surface area (Å²) in [5.41, 5.74) is 2.16. The fourth-order valence-corrected chi connectivity index (χ4v) is 4.90. The van der Waals surface area contributed by atoms with E-state index in [2.05, 4.69) is 5.32 Å². The number of nitrogens with zero attached hydrogens (tertiary/aromatic N) is 1. The van der Waals surface area contributed by atoms with E-state index in [1.54, 1.807) is 4.90 Å². The van der Waals surface area contributed by atoms with E-state index in [1.807, 2.05) is 80.6 Å². The topological polar surface area (TPSA) is 58.6 Å². The molecule has 0 radical (unpaired) electrons. The van der Waals surface area contributed by atoms with Crippen LogP contribution in [-0.4, -0.2) is 35.4 Å². The van der Waals surface area contributed by atoms with Crippen molar-refractivity contribution in [3.63, 3.8) is 0 Å². The Morgan fingerprint density at radius 3 is 2.43 bits per heavy atom. The van der Waals surface area contributed by atoms with Crippen LogP contribution in [0.5, 0.6) is 5.75 Å². The molecule has 0 saturated heterocycles. The third-order valence-electron chi connectivity index (χ3n) is 6.91. The molecular weight excluding hydrogens is 436 g/mol. The van der Waals surface area contributed by atoms with Crippen LogP contribution in [-0.2, 0) is 16.1 Å². The van der Waals surface area contributed by atoms with E-state index in [1.165, 1.54) is 6.42 Å². The third-order valence-corrected chi connectivity index (χ3v) is 6.91. The number of aryl methyl sites for hydroxylation is 1. The van der Waals surface area contributed by atoms with E-state index < -0.39 is 6.04 Å². The molecule has 2 amide bonds. The van der Waals surface area contributed by atoms with Crippen molar-refractivity contribution in [1.29, 1.82) is 0 Å². The maximum atomic E-state index is 13.5. The molecule has 4 rings (SSSR count). The van der Waals surface area contributed by atoms with Gasteiger partial charge in [0, 0.05) is 18.0 Å².